The predicted octanol–water partition coefficient (Wildman–Crippen LogP) is 2.56. The molecule has 0 saturated carbocycles. The molecule has 0 aromatic carbocycles. The average molecular weight is 202 g/mol. The van der Waals surface area contributed by atoms with Crippen LogP contribution in [-0.4, -0.2) is 17.1 Å². The summed E-state index contributed by atoms with van der Waals surface area (Å²) in [6, 6.07) is 3.98. The Bertz CT molecular complexity index is 515. The Morgan fingerprint density at radius 3 is 2.20 bits per heavy atom. The molecule has 15 heavy (non-hydrogen) atoms. The zero-order chi connectivity index (χ0) is 11.0. The van der Waals surface area contributed by atoms with Crippen LogP contribution in [0, 0.1) is 20.8 Å². The molecule has 0 spiro atoms. The number of hydrogen-bond donors (Lipinski definition) is 0. The minimum atomic E-state index is 0.768. The molecular formula is C12H14N2O. The molecule has 0 unspecified atom stereocenters. The summed E-state index contributed by atoms with van der Waals surface area (Å²) in [5.74, 6) is 0.850. The van der Waals surface area contributed by atoms with Crippen LogP contribution in [0.15, 0.2) is 12.1 Å². The molecule has 0 fully saturated rings. The van der Waals surface area contributed by atoms with Crippen molar-refractivity contribution in [3.63, 3.8) is 0 Å². The second-order valence-electron chi connectivity index (χ2n) is 3.75. The molecule has 0 amide bonds. The molecule has 0 aliphatic rings. The zero-order valence-electron chi connectivity index (χ0n) is 9.46. The Kier molecular flexibility index (Phi) is 2.31. The molecule has 2 heterocycles. The van der Waals surface area contributed by atoms with Crippen LogP contribution in [0.25, 0.3) is 11.0 Å². The van der Waals surface area contributed by atoms with Crippen LogP contribution < -0.4 is 4.74 Å². The van der Waals surface area contributed by atoms with Crippen molar-refractivity contribution in [3.05, 3.63) is 29.1 Å². The summed E-state index contributed by atoms with van der Waals surface area (Å²) in [7, 11) is 1.67. The molecule has 0 aliphatic heterocycles. The van der Waals surface area contributed by atoms with E-state index in [1.54, 1.807) is 7.11 Å². The van der Waals surface area contributed by atoms with Crippen LogP contribution in [0.2, 0.25) is 0 Å². The summed E-state index contributed by atoms with van der Waals surface area (Å²) in [4.78, 5) is 8.83. The van der Waals surface area contributed by atoms with Gasteiger partial charge in [0.1, 0.15) is 5.75 Å². The summed E-state index contributed by atoms with van der Waals surface area (Å²) in [6.07, 6.45) is 0. The second kappa shape index (κ2) is 3.50. The maximum Gasteiger partial charge on any atom is 0.163 e. The molecule has 0 saturated heterocycles. The van der Waals surface area contributed by atoms with Gasteiger partial charge in [0, 0.05) is 17.5 Å². The first kappa shape index (κ1) is 9.90. The molecule has 0 bridgehead atoms. The third kappa shape index (κ3) is 1.65. The van der Waals surface area contributed by atoms with Gasteiger partial charge in [-0.15, -0.1) is 0 Å². The fourth-order valence-electron chi connectivity index (χ4n) is 1.82. The van der Waals surface area contributed by atoms with Gasteiger partial charge in [0.05, 0.1) is 12.5 Å². The average Bonchev–Trinajstić information content (AvgIpc) is 2.14. The Morgan fingerprint density at radius 2 is 1.60 bits per heavy atom. The third-order valence-corrected chi connectivity index (χ3v) is 2.41. The van der Waals surface area contributed by atoms with E-state index in [9.17, 15) is 0 Å². The first-order chi connectivity index (χ1) is 7.11. The lowest BCUT2D eigenvalue weighted by molar-refractivity contribution is 0.419. The summed E-state index contributed by atoms with van der Waals surface area (Å²) in [5.41, 5.74) is 3.84. The van der Waals surface area contributed by atoms with E-state index >= 15 is 0 Å². The van der Waals surface area contributed by atoms with E-state index in [-0.39, 0.29) is 0 Å². The normalized spacial score (nSPS) is 10.7. The SMILES string of the molecule is COc1cc(C)nc2nc(C)cc(C)c12. The quantitative estimate of drug-likeness (QED) is 0.712. The van der Waals surface area contributed by atoms with Gasteiger partial charge in [-0.1, -0.05) is 0 Å². The molecule has 0 aliphatic carbocycles. The lowest BCUT2D eigenvalue weighted by Gasteiger charge is -2.09. The maximum atomic E-state index is 5.35. The van der Waals surface area contributed by atoms with Crippen molar-refractivity contribution >= 4 is 11.0 Å². The van der Waals surface area contributed by atoms with E-state index in [1.807, 2.05) is 26.0 Å². The highest BCUT2D eigenvalue weighted by atomic mass is 16.5. The number of aryl methyl sites for hydroxylation is 3. The first-order valence-electron chi connectivity index (χ1n) is 4.91. The zero-order valence-corrected chi connectivity index (χ0v) is 9.46. The molecule has 0 radical (unpaired) electrons. The molecule has 2 aromatic heterocycles. The van der Waals surface area contributed by atoms with Crippen LogP contribution in [0.1, 0.15) is 17.0 Å². The van der Waals surface area contributed by atoms with E-state index < -0.39 is 0 Å². The monoisotopic (exact) mass is 202 g/mol. The van der Waals surface area contributed by atoms with E-state index in [0.29, 0.717) is 0 Å². The Hall–Kier alpha value is -1.64. The van der Waals surface area contributed by atoms with Gasteiger partial charge in [0.2, 0.25) is 0 Å². The van der Waals surface area contributed by atoms with Crippen molar-refractivity contribution in [3.8, 4) is 5.75 Å². The maximum absolute atomic E-state index is 5.35. The molecule has 2 aromatic rings. The van der Waals surface area contributed by atoms with Crippen molar-refractivity contribution in [2.24, 2.45) is 0 Å². The fourth-order valence-corrected chi connectivity index (χ4v) is 1.82. The van der Waals surface area contributed by atoms with Gasteiger partial charge in [-0.3, -0.25) is 0 Å². The molecule has 2 rings (SSSR count). The predicted molar refractivity (Wildman–Crippen MR) is 60.3 cm³/mol. The lowest BCUT2D eigenvalue weighted by atomic mass is 10.1. The Morgan fingerprint density at radius 1 is 1.00 bits per heavy atom. The largest absolute Gasteiger partial charge is 0.496 e. The number of methoxy groups -OCH3 is 1. The number of fused-ring (bicyclic) bond motifs is 1. The summed E-state index contributed by atoms with van der Waals surface area (Å²) < 4.78 is 5.35. The van der Waals surface area contributed by atoms with Gasteiger partial charge in [-0.05, 0) is 32.4 Å². The van der Waals surface area contributed by atoms with E-state index in [4.69, 9.17) is 4.74 Å². The van der Waals surface area contributed by atoms with Gasteiger partial charge in [0.15, 0.2) is 5.65 Å². The highest BCUT2D eigenvalue weighted by molar-refractivity contribution is 5.85. The van der Waals surface area contributed by atoms with E-state index in [1.165, 1.54) is 0 Å². The number of aromatic nitrogens is 2. The molecule has 0 atom stereocenters. The molecule has 78 valence electrons. The van der Waals surface area contributed by atoms with Crippen LogP contribution in [-0.2, 0) is 0 Å². The molecular weight excluding hydrogens is 188 g/mol. The minimum Gasteiger partial charge on any atom is -0.496 e. The number of nitrogens with zero attached hydrogens (tertiary/aromatic N) is 2. The third-order valence-electron chi connectivity index (χ3n) is 2.41. The fraction of sp³-hybridized carbons (Fsp3) is 0.333. The second-order valence-corrected chi connectivity index (χ2v) is 3.75. The summed E-state index contributed by atoms with van der Waals surface area (Å²) >= 11 is 0. The van der Waals surface area contributed by atoms with Crippen molar-refractivity contribution in [2.75, 3.05) is 7.11 Å². The molecule has 3 nitrogen and oxygen atoms in total. The summed E-state index contributed by atoms with van der Waals surface area (Å²) in [5, 5.41) is 1.01. The summed E-state index contributed by atoms with van der Waals surface area (Å²) in [6.45, 7) is 5.97. The smallest absolute Gasteiger partial charge is 0.163 e. The minimum absolute atomic E-state index is 0.768. The van der Waals surface area contributed by atoms with Crippen molar-refractivity contribution in [1.29, 1.82) is 0 Å². The van der Waals surface area contributed by atoms with Crippen LogP contribution in [0.3, 0.4) is 0 Å². The lowest BCUT2D eigenvalue weighted by Crippen LogP contribution is -1.96. The number of pyridine rings is 2. The number of hydrogen-bond acceptors (Lipinski definition) is 3. The molecule has 0 N–H and O–H groups in total. The van der Waals surface area contributed by atoms with Gasteiger partial charge < -0.3 is 4.74 Å². The van der Waals surface area contributed by atoms with Gasteiger partial charge >= 0.3 is 0 Å². The van der Waals surface area contributed by atoms with E-state index in [2.05, 4.69) is 16.9 Å². The number of rotatable bonds is 1. The van der Waals surface area contributed by atoms with Crippen molar-refractivity contribution < 1.29 is 4.74 Å². The van der Waals surface area contributed by atoms with Gasteiger partial charge in [0.25, 0.3) is 0 Å². The van der Waals surface area contributed by atoms with Crippen LogP contribution in [0.4, 0.5) is 0 Å². The van der Waals surface area contributed by atoms with Gasteiger partial charge in [-0.25, -0.2) is 9.97 Å². The van der Waals surface area contributed by atoms with Crippen molar-refractivity contribution in [1.82, 2.24) is 9.97 Å². The highest BCUT2D eigenvalue weighted by Crippen LogP contribution is 2.27. The van der Waals surface area contributed by atoms with Crippen LogP contribution in [0.5, 0.6) is 5.75 Å². The van der Waals surface area contributed by atoms with E-state index in [0.717, 1.165) is 33.7 Å². The van der Waals surface area contributed by atoms with Crippen molar-refractivity contribution in [2.45, 2.75) is 20.8 Å². The molecule has 3 heteroatoms. The Labute approximate surface area is 89.1 Å². The van der Waals surface area contributed by atoms with Crippen LogP contribution >= 0.6 is 0 Å². The number of ether oxygens (including phenoxy) is 1. The van der Waals surface area contributed by atoms with Gasteiger partial charge in [-0.2, -0.15) is 0 Å². The topological polar surface area (TPSA) is 35.0 Å². The first-order valence-corrected chi connectivity index (χ1v) is 4.91. The Balaban J connectivity index is 2.90. The standard InChI is InChI=1S/C12H14N2O/c1-7-5-8(2)13-12-11(7)10(15-4)6-9(3)14-12/h5-6H,1-4H3. The highest BCUT2D eigenvalue weighted by Gasteiger charge is 2.08.